The van der Waals surface area contributed by atoms with Gasteiger partial charge in [0, 0.05) is 25.0 Å². The molecule has 19 heavy (non-hydrogen) atoms. The molecule has 1 fully saturated rings. The normalized spacial score (nSPS) is 18.8. The van der Waals surface area contributed by atoms with Crippen LogP contribution in [0.3, 0.4) is 0 Å². The van der Waals surface area contributed by atoms with E-state index >= 15 is 0 Å². The number of anilines is 1. The molecule has 2 rings (SSSR count). The highest BCUT2D eigenvalue weighted by molar-refractivity contribution is 7.91. The Kier molecular flexibility index (Phi) is 4.04. The summed E-state index contributed by atoms with van der Waals surface area (Å²) in [6.07, 6.45) is 2.76. The Labute approximate surface area is 112 Å². The predicted octanol–water partition coefficient (Wildman–Crippen LogP) is 0.430. The summed E-state index contributed by atoms with van der Waals surface area (Å²) in [5, 5.41) is 5.77. The SMILES string of the molecule is CNC(=O)c1cc(NC2CCS(=O)(=O)CC2)ccn1. The lowest BCUT2D eigenvalue weighted by Crippen LogP contribution is -2.32. The van der Waals surface area contributed by atoms with Gasteiger partial charge >= 0.3 is 0 Å². The summed E-state index contributed by atoms with van der Waals surface area (Å²) in [4.78, 5) is 15.4. The van der Waals surface area contributed by atoms with Crippen molar-refractivity contribution in [3.8, 4) is 0 Å². The summed E-state index contributed by atoms with van der Waals surface area (Å²) in [7, 11) is -1.30. The first-order valence-electron chi connectivity index (χ1n) is 6.15. The zero-order valence-corrected chi connectivity index (χ0v) is 11.5. The van der Waals surface area contributed by atoms with Crippen LogP contribution in [0, 0.1) is 0 Å². The number of hydrogen-bond acceptors (Lipinski definition) is 5. The Morgan fingerprint density at radius 2 is 2.05 bits per heavy atom. The molecule has 0 bridgehead atoms. The molecule has 6 nitrogen and oxygen atoms in total. The highest BCUT2D eigenvalue weighted by atomic mass is 32.2. The summed E-state index contributed by atoms with van der Waals surface area (Å²) >= 11 is 0. The molecule has 1 aromatic heterocycles. The molecule has 2 heterocycles. The van der Waals surface area contributed by atoms with Crippen molar-refractivity contribution in [2.45, 2.75) is 18.9 Å². The van der Waals surface area contributed by atoms with Gasteiger partial charge in [-0.15, -0.1) is 0 Å². The predicted molar refractivity (Wildman–Crippen MR) is 72.9 cm³/mol. The highest BCUT2D eigenvalue weighted by Crippen LogP contribution is 2.18. The smallest absolute Gasteiger partial charge is 0.269 e. The summed E-state index contributed by atoms with van der Waals surface area (Å²) in [5.41, 5.74) is 1.13. The van der Waals surface area contributed by atoms with E-state index in [4.69, 9.17) is 0 Å². The standard InChI is InChI=1S/C12H17N3O3S/c1-13-12(16)11-8-10(2-5-14-11)15-9-3-6-19(17,18)7-4-9/h2,5,8-9H,3-4,6-7H2,1H3,(H,13,16)(H,14,15). The van der Waals surface area contributed by atoms with Gasteiger partial charge in [-0.2, -0.15) is 0 Å². The van der Waals surface area contributed by atoms with Gasteiger partial charge in [-0.1, -0.05) is 0 Å². The summed E-state index contributed by atoms with van der Waals surface area (Å²) < 4.78 is 22.7. The second-order valence-corrected chi connectivity index (χ2v) is 6.88. The zero-order chi connectivity index (χ0) is 13.9. The Hall–Kier alpha value is -1.63. The number of nitrogens with zero attached hydrogens (tertiary/aromatic N) is 1. The van der Waals surface area contributed by atoms with Crippen molar-refractivity contribution >= 4 is 21.4 Å². The molecule has 7 heteroatoms. The van der Waals surface area contributed by atoms with Crippen molar-refractivity contribution in [1.29, 1.82) is 0 Å². The maximum atomic E-state index is 11.5. The van der Waals surface area contributed by atoms with Crippen LogP contribution >= 0.6 is 0 Å². The third kappa shape index (κ3) is 3.66. The number of carbonyl (C=O) groups is 1. The molecule has 1 aromatic rings. The average molecular weight is 283 g/mol. The minimum absolute atomic E-state index is 0.128. The van der Waals surface area contributed by atoms with Crippen LogP contribution in [-0.2, 0) is 9.84 Å². The number of carbonyl (C=O) groups excluding carboxylic acids is 1. The first-order valence-corrected chi connectivity index (χ1v) is 7.97. The van der Waals surface area contributed by atoms with Gasteiger partial charge in [-0.3, -0.25) is 9.78 Å². The van der Waals surface area contributed by atoms with Gasteiger partial charge in [-0.25, -0.2) is 8.42 Å². The highest BCUT2D eigenvalue weighted by Gasteiger charge is 2.23. The van der Waals surface area contributed by atoms with E-state index in [2.05, 4.69) is 15.6 Å². The van der Waals surface area contributed by atoms with Crippen LogP contribution in [0.4, 0.5) is 5.69 Å². The quantitative estimate of drug-likeness (QED) is 0.840. The van der Waals surface area contributed by atoms with Gasteiger partial charge in [0.15, 0.2) is 0 Å². The van der Waals surface area contributed by atoms with E-state index in [1.165, 1.54) is 0 Å². The second kappa shape index (κ2) is 5.56. The minimum Gasteiger partial charge on any atom is -0.382 e. The number of amides is 1. The molecule has 0 atom stereocenters. The van der Waals surface area contributed by atoms with Crippen molar-refractivity contribution in [1.82, 2.24) is 10.3 Å². The fourth-order valence-corrected chi connectivity index (χ4v) is 3.53. The van der Waals surface area contributed by atoms with Crippen LogP contribution in [0.1, 0.15) is 23.3 Å². The molecule has 0 unspecified atom stereocenters. The van der Waals surface area contributed by atoms with Gasteiger partial charge in [0.05, 0.1) is 11.5 Å². The van der Waals surface area contributed by atoms with Crippen LogP contribution in [-0.4, -0.2) is 43.9 Å². The first kappa shape index (κ1) is 13.8. The molecule has 1 amide bonds. The Morgan fingerprint density at radius 3 is 2.68 bits per heavy atom. The fourth-order valence-electron chi connectivity index (χ4n) is 2.04. The first-order chi connectivity index (χ1) is 9.00. The van der Waals surface area contributed by atoms with Crippen molar-refractivity contribution in [2.24, 2.45) is 0 Å². The maximum absolute atomic E-state index is 11.5. The van der Waals surface area contributed by atoms with Crippen LogP contribution in [0.5, 0.6) is 0 Å². The van der Waals surface area contributed by atoms with Crippen LogP contribution in [0.2, 0.25) is 0 Å². The lowest BCUT2D eigenvalue weighted by atomic mass is 10.1. The lowest BCUT2D eigenvalue weighted by molar-refractivity contribution is 0.0958. The molecule has 104 valence electrons. The lowest BCUT2D eigenvalue weighted by Gasteiger charge is -2.24. The van der Waals surface area contributed by atoms with E-state index in [0.29, 0.717) is 18.5 Å². The molecule has 0 aromatic carbocycles. The number of pyridine rings is 1. The number of rotatable bonds is 3. The maximum Gasteiger partial charge on any atom is 0.269 e. The number of aromatic nitrogens is 1. The molecule has 0 spiro atoms. The van der Waals surface area contributed by atoms with Gasteiger partial charge in [-0.05, 0) is 25.0 Å². The Bertz CT molecular complexity index is 557. The van der Waals surface area contributed by atoms with Gasteiger partial charge in [0.25, 0.3) is 5.91 Å². The monoisotopic (exact) mass is 283 g/mol. The molecule has 0 aliphatic carbocycles. The third-order valence-corrected chi connectivity index (χ3v) is 4.86. The second-order valence-electron chi connectivity index (χ2n) is 4.58. The molecular formula is C12H17N3O3S. The average Bonchev–Trinajstić information content (AvgIpc) is 2.41. The van der Waals surface area contributed by atoms with E-state index in [1.54, 1.807) is 25.4 Å². The molecule has 1 saturated heterocycles. The molecule has 0 radical (unpaired) electrons. The fraction of sp³-hybridized carbons (Fsp3) is 0.500. The largest absolute Gasteiger partial charge is 0.382 e. The van der Waals surface area contributed by atoms with E-state index in [-0.39, 0.29) is 23.5 Å². The number of nitrogens with one attached hydrogen (secondary N) is 2. The summed E-state index contributed by atoms with van der Waals surface area (Å²) in [6, 6.07) is 3.57. The molecule has 1 aliphatic heterocycles. The van der Waals surface area contributed by atoms with E-state index < -0.39 is 9.84 Å². The zero-order valence-electron chi connectivity index (χ0n) is 10.7. The van der Waals surface area contributed by atoms with Crippen LogP contribution in [0.25, 0.3) is 0 Å². The molecular weight excluding hydrogens is 266 g/mol. The summed E-state index contributed by atoms with van der Waals surface area (Å²) in [5.74, 6) is 0.200. The third-order valence-electron chi connectivity index (χ3n) is 3.15. The van der Waals surface area contributed by atoms with Crippen molar-refractivity contribution in [3.05, 3.63) is 24.0 Å². The molecule has 1 aliphatic rings. The van der Waals surface area contributed by atoms with Crippen LogP contribution < -0.4 is 10.6 Å². The van der Waals surface area contributed by atoms with E-state index in [0.717, 1.165) is 5.69 Å². The Balaban J connectivity index is 2.02. The van der Waals surface area contributed by atoms with Crippen molar-refractivity contribution < 1.29 is 13.2 Å². The van der Waals surface area contributed by atoms with Crippen molar-refractivity contribution in [2.75, 3.05) is 23.9 Å². The van der Waals surface area contributed by atoms with Gasteiger partial charge < -0.3 is 10.6 Å². The van der Waals surface area contributed by atoms with Gasteiger partial charge in [0.2, 0.25) is 0 Å². The van der Waals surface area contributed by atoms with E-state index in [1.807, 2.05) is 0 Å². The number of hydrogen-bond donors (Lipinski definition) is 2. The minimum atomic E-state index is -2.85. The topological polar surface area (TPSA) is 88.2 Å². The molecule has 0 saturated carbocycles. The number of sulfone groups is 1. The molecule has 2 N–H and O–H groups in total. The van der Waals surface area contributed by atoms with Crippen molar-refractivity contribution in [3.63, 3.8) is 0 Å². The van der Waals surface area contributed by atoms with Gasteiger partial charge in [0.1, 0.15) is 15.5 Å². The van der Waals surface area contributed by atoms with E-state index in [9.17, 15) is 13.2 Å². The van der Waals surface area contributed by atoms with Crippen LogP contribution in [0.15, 0.2) is 18.3 Å². The Morgan fingerprint density at radius 1 is 1.37 bits per heavy atom. The summed E-state index contributed by atoms with van der Waals surface area (Å²) in [6.45, 7) is 0.